The highest BCUT2D eigenvalue weighted by molar-refractivity contribution is 5.94. The van der Waals surface area contributed by atoms with Crippen LogP contribution in [0.2, 0.25) is 0 Å². The smallest absolute Gasteiger partial charge is 0.253 e. The van der Waals surface area contributed by atoms with Gasteiger partial charge in [-0.25, -0.2) is 0 Å². The van der Waals surface area contributed by atoms with E-state index in [1.165, 1.54) is 0 Å². The maximum absolute atomic E-state index is 11.5. The summed E-state index contributed by atoms with van der Waals surface area (Å²) in [4.78, 5) is 13.1. The van der Waals surface area contributed by atoms with Crippen LogP contribution in [0.15, 0.2) is 24.3 Å². The van der Waals surface area contributed by atoms with Crippen molar-refractivity contribution in [2.45, 2.75) is 0 Å². The highest BCUT2D eigenvalue weighted by Crippen LogP contribution is 2.10. The minimum absolute atomic E-state index is 0.0251. The molecule has 1 amide bonds. The maximum atomic E-state index is 11.5. The number of nitrogens with zero attached hydrogens (tertiary/aromatic N) is 1. The molecule has 1 rings (SSSR count). The van der Waals surface area contributed by atoms with Crippen molar-refractivity contribution in [1.29, 1.82) is 0 Å². The van der Waals surface area contributed by atoms with Crippen LogP contribution in [-0.2, 0) is 0 Å². The van der Waals surface area contributed by atoms with E-state index in [-0.39, 0.29) is 5.91 Å². The van der Waals surface area contributed by atoms with Gasteiger partial charge in [0.15, 0.2) is 0 Å². The van der Waals surface area contributed by atoms with Gasteiger partial charge in [-0.15, -0.1) is 0 Å². The first kappa shape index (κ1) is 9.58. The molecule has 0 aliphatic rings. The van der Waals surface area contributed by atoms with E-state index in [2.05, 4.69) is 5.32 Å². The highest BCUT2D eigenvalue weighted by atomic mass is 16.2. The summed E-state index contributed by atoms with van der Waals surface area (Å²) >= 11 is 0. The summed E-state index contributed by atoms with van der Waals surface area (Å²) < 4.78 is 0. The van der Waals surface area contributed by atoms with Gasteiger partial charge in [0.25, 0.3) is 5.91 Å². The zero-order valence-corrected chi connectivity index (χ0v) is 8.16. The van der Waals surface area contributed by atoms with Crippen molar-refractivity contribution >= 4 is 11.6 Å². The first-order valence-corrected chi connectivity index (χ1v) is 4.14. The average molecular weight is 178 g/mol. The summed E-state index contributed by atoms with van der Waals surface area (Å²) in [5, 5.41) is 2.99. The van der Waals surface area contributed by atoms with E-state index in [0.29, 0.717) is 5.56 Å². The van der Waals surface area contributed by atoms with Crippen LogP contribution in [0, 0.1) is 0 Å². The van der Waals surface area contributed by atoms with Crippen LogP contribution in [0.4, 0.5) is 5.69 Å². The van der Waals surface area contributed by atoms with Gasteiger partial charge in [-0.2, -0.15) is 0 Å². The molecule has 0 saturated heterocycles. The number of carbonyl (C=O) groups is 1. The molecule has 3 heteroatoms. The van der Waals surface area contributed by atoms with Gasteiger partial charge >= 0.3 is 0 Å². The third kappa shape index (κ3) is 2.21. The molecule has 0 radical (unpaired) electrons. The Labute approximate surface area is 78.4 Å². The number of rotatable bonds is 2. The van der Waals surface area contributed by atoms with Gasteiger partial charge in [-0.1, -0.05) is 6.07 Å². The fourth-order valence-corrected chi connectivity index (χ4v) is 1.07. The Balaban J connectivity index is 2.95. The lowest BCUT2D eigenvalue weighted by Gasteiger charge is -2.10. The molecule has 70 valence electrons. The van der Waals surface area contributed by atoms with Crippen LogP contribution in [0.3, 0.4) is 0 Å². The summed E-state index contributed by atoms with van der Waals surface area (Å²) in [6, 6.07) is 7.43. The third-order valence-electron chi connectivity index (χ3n) is 1.80. The normalized spacial score (nSPS) is 9.46. The fourth-order valence-electron chi connectivity index (χ4n) is 1.07. The summed E-state index contributed by atoms with van der Waals surface area (Å²) in [5.41, 5.74) is 1.66. The molecule has 1 aromatic carbocycles. The second-order valence-corrected chi connectivity index (χ2v) is 3.03. The number of hydrogen-bond donors (Lipinski definition) is 1. The Morgan fingerprint density at radius 2 is 2.08 bits per heavy atom. The van der Waals surface area contributed by atoms with Gasteiger partial charge < -0.3 is 10.2 Å². The van der Waals surface area contributed by atoms with Crippen molar-refractivity contribution in [2.75, 3.05) is 26.5 Å². The van der Waals surface area contributed by atoms with E-state index in [9.17, 15) is 4.79 Å². The Morgan fingerprint density at radius 1 is 1.38 bits per heavy atom. The summed E-state index contributed by atoms with van der Waals surface area (Å²) in [7, 11) is 5.32. The topological polar surface area (TPSA) is 32.3 Å². The van der Waals surface area contributed by atoms with E-state index in [1.54, 1.807) is 19.0 Å². The minimum Gasteiger partial charge on any atom is -0.388 e. The molecule has 0 atom stereocenters. The number of benzene rings is 1. The Bertz CT molecular complexity index is 308. The second kappa shape index (κ2) is 3.94. The van der Waals surface area contributed by atoms with Crippen LogP contribution < -0.4 is 5.32 Å². The van der Waals surface area contributed by atoms with Gasteiger partial charge in [0.1, 0.15) is 0 Å². The van der Waals surface area contributed by atoms with Crippen LogP contribution in [0.5, 0.6) is 0 Å². The first-order chi connectivity index (χ1) is 6.15. The minimum atomic E-state index is 0.0251. The average Bonchev–Trinajstić information content (AvgIpc) is 2.16. The molecule has 0 aliphatic carbocycles. The standard InChI is InChI=1S/C10H14N2O/c1-11-9-6-4-5-8(7-9)10(13)12(2)3/h4-7,11H,1-3H3. The molecule has 13 heavy (non-hydrogen) atoms. The van der Waals surface area contributed by atoms with Crippen LogP contribution >= 0.6 is 0 Å². The molecule has 0 aromatic heterocycles. The van der Waals surface area contributed by atoms with Crippen molar-refractivity contribution in [3.05, 3.63) is 29.8 Å². The van der Waals surface area contributed by atoms with Crippen molar-refractivity contribution in [2.24, 2.45) is 0 Å². The largest absolute Gasteiger partial charge is 0.388 e. The monoisotopic (exact) mass is 178 g/mol. The molecule has 3 nitrogen and oxygen atoms in total. The molecule has 1 N–H and O–H groups in total. The van der Waals surface area contributed by atoms with Gasteiger partial charge in [0, 0.05) is 32.4 Å². The zero-order valence-electron chi connectivity index (χ0n) is 8.16. The lowest BCUT2D eigenvalue weighted by atomic mass is 10.2. The summed E-state index contributed by atoms with van der Waals surface area (Å²) in [6.07, 6.45) is 0. The summed E-state index contributed by atoms with van der Waals surface area (Å²) in [6.45, 7) is 0. The predicted molar refractivity (Wildman–Crippen MR) is 54.0 cm³/mol. The van der Waals surface area contributed by atoms with Gasteiger partial charge in [-0.3, -0.25) is 4.79 Å². The van der Waals surface area contributed by atoms with E-state index < -0.39 is 0 Å². The van der Waals surface area contributed by atoms with Gasteiger partial charge in [0.2, 0.25) is 0 Å². The first-order valence-electron chi connectivity index (χ1n) is 4.14. The number of amides is 1. The second-order valence-electron chi connectivity index (χ2n) is 3.03. The number of nitrogens with one attached hydrogen (secondary N) is 1. The molecule has 1 aromatic rings. The van der Waals surface area contributed by atoms with E-state index >= 15 is 0 Å². The lowest BCUT2D eigenvalue weighted by molar-refractivity contribution is 0.0827. The summed E-state index contributed by atoms with van der Waals surface area (Å²) in [5.74, 6) is 0.0251. The molecule has 0 bridgehead atoms. The van der Waals surface area contributed by atoms with E-state index in [0.717, 1.165) is 5.69 Å². The quantitative estimate of drug-likeness (QED) is 0.743. The molecule has 0 aliphatic heterocycles. The molecule has 0 spiro atoms. The number of hydrogen-bond acceptors (Lipinski definition) is 2. The Kier molecular flexibility index (Phi) is 2.90. The molecular weight excluding hydrogens is 164 g/mol. The van der Waals surface area contributed by atoms with Crippen LogP contribution in [0.1, 0.15) is 10.4 Å². The molecule has 0 fully saturated rings. The van der Waals surface area contributed by atoms with E-state index in [1.807, 2.05) is 31.3 Å². The number of carbonyl (C=O) groups excluding carboxylic acids is 1. The third-order valence-corrected chi connectivity index (χ3v) is 1.80. The zero-order chi connectivity index (χ0) is 9.84. The van der Waals surface area contributed by atoms with E-state index in [4.69, 9.17) is 0 Å². The highest BCUT2D eigenvalue weighted by Gasteiger charge is 2.06. The maximum Gasteiger partial charge on any atom is 0.253 e. The number of anilines is 1. The Morgan fingerprint density at radius 3 is 2.62 bits per heavy atom. The Hall–Kier alpha value is -1.51. The lowest BCUT2D eigenvalue weighted by Crippen LogP contribution is -2.21. The molecule has 0 heterocycles. The van der Waals surface area contributed by atoms with Crippen LogP contribution in [0.25, 0.3) is 0 Å². The van der Waals surface area contributed by atoms with Crippen LogP contribution in [-0.4, -0.2) is 32.0 Å². The van der Waals surface area contributed by atoms with Crippen molar-refractivity contribution in [3.8, 4) is 0 Å². The molecular formula is C10H14N2O. The van der Waals surface area contributed by atoms with Crippen molar-refractivity contribution < 1.29 is 4.79 Å². The predicted octanol–water partition coefficient (Wildman–Crippen LogP) is 1.43. The van der Waals surface area contributed by atoms with Gasteiger partial charge in [-0.05, 0) is 18.2 Å². The fraction of sp³-hybridized carbons (Fsp3) is 0.300. The molecule has 0 unspecified atom stereocenters. The van der Waals surface area contributed by atoms with Crippen molar-refractivity contribution in [3.63, 3.8) is 0 Å². The van der Waals surface area contributed by atoms with Gasteiger partial charge in [0.05, 0.1) is 0 Å². The van der Waals surface area contributed by atoms with Crippen molar-refractivity contribution in [1.82, 2.24) is 4.90 Å². The SMILES string of the molecule is CNc1cccc(C(=O)N(C)C)c1. The molecule has 0 saturated carbocycles.